The highest BCUT2D eigenvalue weighted by atomic mass is 32.2. The van der Waals surface area contributed by atoms with Gasteiger partial charge in [-0.2, -0.15) is 0 Å². The second-order valence-corrected chi connectivity index (χ2v) is 6.16. The molecule has 0 unspecified atom stereocenters. The minimum atomic E-state index is -0.298. The third-order valence-corrected chi connectivity index (χ3v) is 4.50. The van der Waals surface area contributed by atoms with Crippen molar-refractivity contribution in [1.82, 2.24) is 9.97 Å². The molecular formula is C17H13FN2O2S. The first-order valence-electron chi connectivity index (χ1n) is 7.27. The molecule has 1 aliphatic rings. The molecule has 0 spiro atoms. The first-order chi connectivity index (χ1) is 11.3. The third kappa shape index (κ3) is 2.94. The zero-order valence-corrected chi connectivity index (χ0v) is 13.0. The highest BCUT2D eigenvalue weighted by molar-refractivity contribution is 7.99. The van der Waals surface area contributed by atoms with Gasteiger partial charge in [-0.3, -0.25) is 0 Å². The molecule has 0 aliphatic carbocycles. The molecule has 0 saturated carbocycles. The number of halogens is 1. The molecule has 2 aromatic carbocycles. The minimum Gasteiger partial charge on any atom is -0.490 e. The molecule has 0 saturated heterocycles. The fraction of sp³-hybridized carbons (Fsp3) is 0.176. The van der Waals surface area contributed by atoms with Crippen LogP contribution in [0.3, 0.4) is 0 Å². The van der Waals surface area contributed by atoms with Gasteiger partial charge in [0.1, 0.15) is 17.2 Å². The molecule has 116 valence electrons. The van der Waals surface area contributed by atoms with Crippen molar-refractivity contribution in [3.05, 3.63) is 48.5 Å². The van der Waals surface area contributed by atoms with Crippen molar-refractivity contribution in [2.24, 2.45) is 0 Å². The van der Waals surface area contributed by atoms with E-state index >= 15 is 0 Å². The molecule has 23 heavy (non-hydrogen) atoms. The molecule has 1 aliphatic heterocycles. The standard InChI is InChI=1S/C17H13FN2O2S/c18-11-2-4-14-13(8-11)17(20-10-19-14)23-12-3-5-15-16(9-12)22-7-1-6-21-15/h2-5,8-10H,1,6-7H2. The van der Waals surface area contributed by atoms with Gasteiger partial charge in [-0.1, -0.05) is 11.8 Å². The molecule has 4 nitrogen and oxygen atoms in total. The summed E-state index contributed by atoms with van der Waals surface area (Å²) >= 11 is 1.45. The van der Waals surface area contributed by atoms with Gasteiger partial charge in [0.25, 0.3) is 0 Å². The SMILES string of the molecule is Fc1ccc2ncnc(Sc3ccc4c(c3)OCCCO4)c2c1. The number of fused-ring (bicyclic) bond motifs is 2. The molecule has 0 N–H and O–H groups in total. The summed E-state index contributed by atoms with van der Waals surface area (Å²) in [5.41, 5.74) is 0.721. The molecule has 0 fully saturated rings. The van der Waals surface area contributed by atoms with Crippen molar-refractivity contribution in [3.63, 3.8) is 0 Å². The lowest BCUT2D eigenvalue weighted by Crippen LogP contribution is -1.97. The summed E-state index contributed by atoms with van der Waals surface area (Å²) in [4.78, 5) is 9.42. The van der Waals surface area contributed by atoms with Gasteiger partial charge >= 0.3 is 0 Å². The van der Waals surface area contributed by atoms with Gasteiger partial charge in [-0.25, -0.2) is 14.4 Å². The highest BCUT2D eigenvalue weighted by Gasteiger charge is 2.13. The topological polar surface area (TPSA) is 44.2 Å². The Morgan fingerprint density at radius 3 is 2.74 bits per heavy atom. The van der Waals surface area contributed by atoms with E-state index in [1.807, 2.05) is 18.2 Å². The zero-order chi connectivity index (χ0) is 15.6. The molecule has 0 radical (unpaired) electrons. The average molecular weight is 328 g/mol. The number of nitrogens with zero attached hydrogens (tertiary/aromatic N) is 2. The van der Waals surface area contributed by atoms with E-state index in [9.17, 15) is 4.39 Å². The molecule has 0 atom stereocenters. The van der Waals surface area contributed by atoms with Gasteiger partial charge in [-0.05, 0) is 36.4 Å². The number of ether oxygens (including phenoxy) is 2. The summed E-state index contributed by atoms with van der Waals surface area (Å²) in [6.45, 7) is 1.30. The maximum absolute atomic E-state index is 13.5. The molecule has 1 aromatic heterocycles. The lowest BCUT2D eigenvalue weighted by atomic mass is 10.2. The molecule has 0 amide bonds. The van der Waals surface area contributed by atoms with Crippen LogP contribution >= 0.6 is 11.8 Å². The van der Waals surface area contributed by atoms with E-state index in [1.54, 1.807) is 6.07 Å². The van der Waals surface area contributed by atoms with E-state index in [2.05, 4.69) is 9.97 Å². The molecular weight excluding hydrogens is 315 g/mol. The maximum Gasteiger partial charge on any atom is 0.162 e. The number of hydrogen-bond donors (Lipinski definition) is 0. The quantitative estimate of drug-likeness (QED) is 0.663. The van der Waals surface area contributed by atoms with Crippen LogP contribution in [0.4, 0.5) is 4.39 Å². The van der Waals surface area contributed by atoms with Gasteiger partial charge in [0.05, 0.1) is 18.7 Å². The van der Waals surface area contributed by atoms with E-state index < -0.39 is 0 Å². The van der Waals surface area contributed by atoms with Crippen LogP contribution < -0.4 is 9.47 Å². The zero-order valence-electron chi connectivity index (χ0n) is 12.2. The van der Waals surface area contributed by atoms with Crippen molar-refractivity contribution in [1.29, 1.82) is 0 Å². The van der Waals surface area contributed by atoms with Gasteiger partial charge < -0.3 is 9.47 Å². The third-order valence-electron chi connectivity index (χ3n) is 3.49. The first kappa shape index (κ1) is 14.3. The van der Waals surface area contributed by atoms with Gasteiger partial charge in [0.2, 0.25) is 0 Å². The lowest BCUT2D eigenvalue weighted by Gasteiger charge is -2.09. The van der Waals surface area contributed by atoms with E-state index in [0.717, 1.165) is 28.3 Å². The van der Waals surface area contributed by atoms with Gasteiger partial charge in [0.15, 0.2) is 11.5 Å². The van der Waals surface area contributed by atoms with E-state index in [4.69, 9.17) is 9.47 Å². The predicted octanol–water partition coefficient (Wildman–Crippen LogP) is 4.08. The summed E-state index contributed by atoms with van der Waals surface area (Å²) < 4.78 is 24.9. The average Bonchev–Trinajstić information content (AvgIpc) is 2.80. The van der Waals surface area contributed by atoms with Crippen LogP contribution in [0.25, 0.3) is 10.9 Å². The summed E-state index contributed by atoms with van der Waals surface area (Å²) in [6, 6.07) is 10.3. The predicted molar refractivity (Wildman–Crippen MR) is 85.7 cm³/mol. The van der Waals surface area contributed by atoms with Crippen LogP contribution in [0.5, 0.6) is 11.5 Å². The number of benzene rings is 2. The van der Waals surface area contributed by atoms with Gasteiger partial charge in [0, 0.05) is 16.7 Å². The summed E-state index contributed by atoms with van der Waals surface area (Å²) in [7, 11) is 0. The van der Waals surface area contributed by atoms with Crippen molar-refractivity contribution in [2.45, 2.75) is 16.3 Å². The van der Waals surface area contributed by atoms with E-state index in [0.29, 0.717) is 23.6 Å². The van der Waals surface area contributed by atoms with Crippen LogP contribution in [0.15, 0.2) is 52.6 Å². The smallest absolute Gasteiger partial charge is 0.162 e. The normalized spacial score (nSPS) is 13.8. The second-order valence-electron chi connectivity index (χ2n) is 5.10. The highest BCUT2D eigenvalue weighted by Crippen LogP contribution is 2.37. The Kier molecular flexibility index (Phi) is 3.75. The number of aromatic nitrogens is 2. The molecule has 6 heteroatoms. The van der Waals surface area contributed by atoms with Crippen LogP contribution in [0.2, 0.25) is 0 Å². The molecule has 3 aromatic rings. The fourth-order valence-electron chi connectivity index (χ4n) is 2.41. The lowest BCUT2D eigenvalue weighted by molar-refractivity contribution is 0.297. The summed E-state index contributed by atoms with van der Waals surface area (Å²) in [5.74, 6) is 1.19. The largest absolute Gasteiger partial charge is 0.490 e. The van der Waals surface area contributed by atoms with Crippen molar-refractivity contribution in [2.75, 3.05) is 13.2 Å². The Morgan fingerprint density at radius 1 is 0.957 bits per heavy atom. The maximum atomic E-state index is 13.5. The summed E-state index contributed by atoms with van der Waals surface area (Å²) in [5, 5.41) is 1.41. The molecule has 4 rings (SSSR count). The van der Waals surface area contributed by atoms with Crippen LogP contribution in [-0.2, 0) is 0 Å². The minimum absolute atomic E-state index is 0.298. The van der Waals surface area contributed by atoms with Crippen LogP contribution in [-0.4, -0.2) is 23.2 Å². The fourth-order valence-corrected chi connectivity index (χ4v) is 3.30. The van der Waals surface area contributed by atoms with Crippen LogP contribution in [0, 0.1) is 5.82 Å². The monoisotopic (exact) mass is 328 g/mol. The van der Waals surface area contributed by atoms with E-state index in [-0.39, 0.29) is 5.82 Å². The Bertz CT molecular complexity index is 872. The Hall–Kier alpha value is -2.34. The van der Waals surface area contributed by atoms with Crippen LogP contribution in [0.1, 0.15) is 6.42 Å². The Morgan fingerprint density at radius 2 is 1.83 bits per heavy atom. The first-order valence-corrected chi connectivity index (χ1v) is 8.09. The number of rotatable bonds is 2. The number of hydrogen-bond acceptors (Lipinski definition) is 5. The molecule has 2 heterocycles. The van der Waals surface area contributed by atoms with Gasteiger partial charge in [-0.15, -0.1) is 0 Å². The van der Waals surface area contributed by atoms with E-state index in [1.165, 1.54) is 30.2 Å². The van der Waals surface area contributed by atoms with Crippen molar-refractivity contribution >= 4 is 22.7 Å². The second kappa shape index (κ2) is 6.04. The summed E-state index contributed by atoms with van der Waals surface area (Å²) in [6.07, 6.45) is 2.36. The van der Waals surface area contributed by atoms with Crippen molar-refractivity contribution in [3.8, 4) is 11.5 Å². The Labute approximate surface area is 136 Å². The Balaban J connectivity index is 1.71. The molecule has 0 bridgehead atoms. The van der Waals surface area contributed by atoms with Crippen molar-refractivity contribution < 1.29 is 13.9 Å².